The van der Waals surface area contributed by atoms with Crippen molar-refractivity contribution in [2.45, 2.75) is 26.4 Å². The summed E-state index contributed by atoms with van der Waals surface area (Å²) in [4.78, 5) is 14.6. The van der Waals surface area contributed by atoms with Crippen molar-refractivity contribution in [3.63, 3.8) is 0 Å². The molecule has 0 unspecified atom stereocenters. The Morgan fingerprint density at radius 3 is 2.68 bits per heavy atom. The van der Waals surface area contributed by atoms with E-state index in [9.17, 15) is 0 Å². The zero-order chi connectivity index (χ0) is 16.9. The van der Waals surface area contributed by atoms with Crippen LogP contribution in [0, 0.1) is 0 Å². The third kappa shape index (κ3) is 4.69. The number of rotatable bonds is 5. The maximum atomic E-state index is 4.66. The van der Waals surface area contributed by atoms with Gasteiger partial charge in [-0.05, 0) is 18.6 Å². The molecular weight excluding hydrogens is 447 g/mol. The number of guanidine groups is 1. The van der Waals surface area contributed by atoms with E-state index in [2.05, 4.69) is 43.2 Å². The van der Waals surface area contributed by atoms with Crippen molar-refractivity contribution in [3.05, 3.63) is 46.2 Å². The average molecular weight is 470 g/mol. The second-order valence-corrected chi connectivity index (χ2v) is 6.63. The Morgan fingerprint density at radius 1 is 1.24 bits per heavy atom. The molecule has 25 heavy (non-hydrogen) atoms. The topological polar surface area (TPSA) is 67.1 Å². The van der Waals surface area contributed by atoms with Crippen LogP contribution in [-0.2, 0) is 26.6 Å². The van der Waals surface area contributed by atoms with Crippen molar-refractivity contribution in [1.82, 2.24) is 25.2 Å². The molecule has 0 aliphatic carbocycles. The summed E-state index contributed by atoms with van der Waals surface area (Å²) in [6.07, 6.45) is 2.97. The van der Waals surface area contributed by atoms with Crippen LogP contribution < -0.4 is 10.6 Å². The molecule has 2 N–H and O–H groups in total. The number of halogens is 1. The largest absolute Gasteiger partial charge is 0.350 e. The first-order valence-electron chi connectivity index (χ1n) is 7.99. The molecule has 2 heterocycles. The molecule has 0 atom stereocenters. The van der Waals surface area contributed by atoms with Crippen LogP contribution in [0.5, 0.6) is 0 Å². The first-order valence-corrected chi connectivity index (χ1v) is 8.81. The van der Waals surface area contributed by atoms with Gasteiger partial charge in [0.25, 0.3) is 0 Å². The molecule has 0 saturated heterocycles. The van der Waals surface area contributed by atoms with Crippen molar-refractivity contribution in [3.8, 4) is 0 Å². The van der Waals surface area contributed by atoms with Crippen molar-refractivity contribution >= 4 is 52.3 Å². The number of benzene rings is 1. The first-order chi connectivity index (χ1) is 11.7. The lowest BCUT2D eigenvalue weighted by atomic mass is 10.3. The number of aliphatic imine (C=N–C) groups is 1. The van der Waals surface area contributed by atoms with E-state index in [0.29, 0.717) is 13.1 Å². The van der Waals surface area contributed by atoms with Gasteiger partial charge in [-0.25, -0.2) is 9.97 Å². The number of nitrogens with zero attached hydrogens (tertiary/aromatic N) is 4. The number of nitrogens with one attached hydrogen (secondary N) is 2. The van der Waals surface area contributed by atoms with Gasteiger partial charge in [-0.15, -0.1) is 35.3 Å². The number of aromatic nitrogens is 3. The van der Waals surface area contributed by atoms with Crippen molar-refractivity contribution in [2.75, 3.05) is 7.05 Å². The number of hydrogen-bond acceptors (Lipinski definition) is 4. The average Bonchev–Trinajstić information content (AvgIpc) is 3.20. The minimum Gasteiger partial charge on any atom is -0.350 e. The summed E-state index contributed by atoms with van der Waals surface area (Å²) in [5.74, 6) is 1.72. The van der Waals surface area contributed by atoms with E-state index in [1.165, 1.54) is 4.88 Å². The van der Waals surface area contributed by atoms with Crippen LogP contribution in [-0.4, -0.2) is 27.5 Å². The molecule has 1 aromatic carbocycles. The highest BCUT2D eigenvalue weighted by Gasteiger charge is 2.08. The van der Waals surface area contributed by atoms with Crippen LogP contribution in [0.2, 0.25) is 0 Å². The predicted octanol–water partition coefficient (Wildman–Crippen LogP) is 3.08. The molecule has 0 radical (unpaired) electrons. The highest BCUT2D eigenvalue weighted by atomic mass is 127. The van der Waals surface area contributed by atoms with Gasteiger partial charge < -0.3 is 15.2 Å². The van der Waals surface area contributed by atoms with Gasteiger partial charge in [0.2, 0.25) is 0 Å². The quantitative estimate of drug-likeness (QED) is 0.342. The molecule has 2 aromatic heterocycles. The molecule has 0 amide bonds. The van der Waals surface area contributed by atoms with Crippen LogP contribution in [0.1, 0.15) is 22.6 Å². The highest BCUT2D eigenvalue weighted by molar-refractivity contribution is 14.0. The van der Waals surface area contributed by atoms with E-state index in [0.717, 1.165) is 34.2 Å². The standard InChI is InChI=1S/C17H22N6S.HI/c1-4-12-9-19-16(24-12)11-21-17(18-2)20-10-15-22-13-7-5-6-8-14(13)23(15)3;/h5-9H,4,10-11H2,1-3H3,(H2,18,20,21);1H. The van der Waals surface area contributed by atoms with E-state index in [4.69, 9.17) is 0 Å². The number of hydrogen-bond donors (Lipinski definition) is 2. The monoisotopic (exact) mass is 470 g/mol. The Balaban J connectivity index is 0.00000225. The SMILES string of the molecule is CCc1cnc(CNC(=NC)NCc2nc3ccccc3n2C)s1.I. The van der Waals surface area contributed by atoms with E-state index in [-0.39, 0.29) is 24.0 Å². The Kier molecular flexibility index (Phi) is 7.18. The Bertz CT molecular complexity index is 854. The number of imidazole rings is 1. The lowest BCUT2D eigenvalue weighted by Crippen LogP contribution is -2.36. The van der Waals surface area contributed by atoms with Gasteiger partial charge in [-0.3, -0.25) is 4.99 Å². The van der Waals surface area contributed by atoms with Crippen molar-refractivity contribution in [1.29, 1.82) is 0 Å². The Labute approximate surface area is 168 Å². The fourth-order valence-electron chi connectivity index (χ4n) is 2.49. The fourth-order valence-corrected chi connectivity index (χ4v) is 3.29. The van der Waals surface area contributed by atoms with Gasteiger partial charge in [0.15, 0.2) is 5.96 Å². The van der Waals surface area contributed by atoms with Gasteiger partial charge in [0.05, 0.1) is 24.1 Å². The van der Waals surface area contributed by atoms with Crippen molar-refractivity contribution < 1.29 is 0 Å². The van der Waals surface area contributed by atoms with E-state index in [1.807, 2.05) is 31.4 Å². The van der Waals surface area contributed by atoms with E-state index < -0.39 is 0 Å². The molecule has 0 bridgehead atoms. The Hall–Kier alpha value is -1.68. The summed E-state index contributed by atoms with van der Waals surface area (Å²) in [5.41, 5.74) is 2.14. The van der Waals surface area contributed by atoms with Crippen molar-refractivity contribution in [2.24, 2.45) is 12.0 Å². The summed E-state index contributed by atoms with van der Waals surface area (Å²) < 4.78 is 2.10. The smallest absolute Gasteiger partial charge is 0.191 e. The van der Waals surface area contributed by atoms with Gasteiger partial charge in [0.1, 0.15) is 10.8 Å². The molecule has 8 heteroatoms. The minimum atomic E-state index is 0. The van der Waals surface area contributed by atoms with Gasteiger partial charge in [-0.1, -0.05) is 19.1 Å². The zero-order valence-corrected chi connectivity index (χ0v) is 17.8. The van der Waals surface area contributed by atoms with E-state index in [1.54, 1.807) is 18.4 Å². The lowest BCUT2D eigenvalue weighted by Gasteiger charge is -2.10. The Morgan fingerprint density at radius 2 is 2.00 bits per heavy atom. The number of aryl methyl sites for hydroxylation is 2. The molecule has 3 aromatic rings. The van der Waals surface area contributed by atoms with Crippen LogP contribution in [0.15, 0.2) is 35.5 Å². The summed E-state index contributed by atoms with van der Waals surface area (Å²) in [7, 11) is 3.80. The second-order valence-electron chi connectivity index (χ2n) is 5.43. The lowest BCUT2D eigenvalue weighted by molar-refractivity contribution is 0.735. The van der Waals surface area contributed by atoms with Crippen LogP contribution in [0.3, 0.4) is 0 Å². The van der Waals surface area contributed by atoms with Gasteiger partial charge >= 0.3 is 0 Å². The third-order valence-corrected chi connectivity index (χ3v) is 5.02. The van der Waals surface area contributed by atoms with Gasteiger partial charge in [0, 0.05) is 25.2 Å². The van der Waals surface area contributed by atoms with Crippen LogP contribution in [0.25, 0.3) is 11.0 Å². The third-order valence-electron chi connectivity index (χ3n) is 3.87. The molecule has 0 aliphatic heterocycles. The normalized spacial score (nSPS) is 11.4. The predicted molar refractivity (Wildman–Crippen MR) is 115 cm³/mol. The second kappa shape index (κ2) is 9.14. The maximum Gasteiger partial charge on any atom is 0.191 e. The van der Waals surface area contributed by atoms with Crippen LogP contribution >= 0.6 is 35.3 Å². The number of thiazole rings is 1. The molecule has 6 nitrogen and oxygen atoms in total. The maximum absolute atomic E-state index is 4.66. The molecule has 0 spiro atoms. The number of fused-ring (bicyclic) bond motifs is 1. The summed E-state index contributed by atoms with van der Waals surface area (Å²) >= 11 is 1.73. The zero-order valence-electron chi connectivity index (χ0n) is 14.6. The van der Waals surface area contributed by atoms with Gasteiger partial charge in [-0.2, -0.15) is 0 Å². The first kappa shape index (κ1) is 19.6. The van der Waals surface area contributed by atoms with E-state index >= 15 is 0 Å². The molecule has 3 rings (SSSR count). The molecule has 0 aliphatic rings. The van der Waals surface area contributed by atoms with Crippen LogP contribution in [0.4, 0.5) is 0 Å². The molecule has 0 saturated carbocycles. The fraction of sp³-hybridized carbons (Fsp3) is 0.353. The highest BCUT2D eigenvalue weighted by Crippen LogP contribution is 2.14. The number of para-hydroxylation sites is 2. The molecule has 0 fully saturated rings. The molecule has 134 valence electrons. The summed E-state index contributed by atoms with van der Waals surface area (Å²) in [6.45, 7) is 3.43. The summed E-state index contributed by atoms with van der Waals surface area (Å²) in [5, 5.41) is 7.67. The summed E-state index contributed by atoms with van der Waals surface area (Å²) in [6, 6.07) is 8.14. The molecular formula is C17H23IN6S. The minimum absolute atomic E-state index is 0.